The highest BCUT2D eigenvalue weighted by atomic mass is 32.2. The monoisotopic (exact) mass is 483 g/mol. The number of hydrogen-bond acceptors (Lipinski definition) is 7. The van der Waals surface area contributed by atoms with Gasteiger partial charge in [0.1, 0.15) is 5.75 Å². The number of ether oxygens (including phenoxy) is 1. The molecule has 1 atom stereocenters. The van der Waals surface area contributed by atoms with E-state index in [1.165, 1.54) is 30.0 Å². The second-order valence-corrected chi connectivity index (χ2v) is 9.34. The number of anilines is 1. The fourth-order valence-electron chi connectivity index (χ4n) is 3.48. The predicted octanol–water partition coefficient (Wildman–Crippen LogP) is 5.76. The molecule has 1 heterocycles. The van der Waals surface area contributed by atoms with Crippen LogP contribution in [-0.4, -0.2) is 31.3 Å². The summed E-state index contributed by atoms with van der Waals surface area (Å²) in [4.78, 5) is 22.9. The number of thioether (sulfide) groups is 1. The Morgan fingerprint density at radius 2 is 1.85 bits per heavy atom. The normalized spacial score (nSPS) is 12.1. The highest BCUT2D eigenvalue weighted by Crippen LogP contribution is 2.32. The molecule has 9 nitrogen and oxygen atoms in total. The van der Waals surface area contributed by atoms with Crippen LogP contribution in [0.4, 0.5) is 11.4 Å². The van der Waals surface area contributed by atoms with Gasteiger partial charge in [0.05, 0.1) is 10.7 Å². The molecule has 1 amide bonds. The molecule has 0 fully saturated rings. The molecule has 1 aromatic heterocycles. The van der Waals surface area contributed by atoms with Crippen molar-refractivity contribution < 1.29 is 14.5 Å². The van der Waals surface area contributed by atoms with Gasteiger partial charge in [-0.1, -0.05) is 49.9 Å². The van der Waals surface area contributed by atoms with E-state index in [0.717, 1.165) is 11.3 Å². The lowest BCUT2D eigenvalue weighted by Gasteiger charge is -2.21. The third-order valence-corrected chi connectivity index (χ3v) is 6.03. The first-order valence-electron chi connectivity index (χ1n) is 11.0. The number of nitro groups is 1. The summed E-state index contributed by atoms with van der Waals surface area (Å²) >= 11 is 1.25. The van der Waals surface area contributed by atoms with Crippen molar-refractivity contribution in [1.82, 2.24) is 14.8 Å². The van der Waals surface area contributed by atoms with E-state index >= 15 is 0 Å². The van der Waals surface area contributed by atoms with Crippen molar-refractivity contribution in [3.05, 3.63) is 70.0 Å². The van der Waals surface area contributed by atoms with Gasteiger partial charge in [-0.05, 0) is 44.4 Å². The molecule has 2 aromatic carbocycles. The highest BCUT2D eigenvalue weighted by molar-refractivity contribution is 7.99. The van der Waals surface area contributed by atoms with Gasteiger partial charge < -0.3 is 14.6 Å². The van der Waals surface area contributed by atoms with Crippen LogP contribution < -0.4 is 10.1 Å². The average Bonchev–Trinajstić information content (AvgIpc) is 3.22. The van der Waals surface area contributed by atoms with Crippen LogP contribution in [-0.2, 0) is 4.79 Å². The summed E-state index contributed by atoms with van der Waals surface area (Å²) in [5.74, 6) is 1.60. The molecule has 1 N–H and O–H groups in total. The lowest BCUT2D eigenvalue weighted by atomic mass is 10.0. The maximum atomic E-state index is 12.4. The Balaban J connectivity index is 1.71. The van der Waals surface area contributed by atoms with Crippen LogP contribution in [0.25, 0.3) is 0 Å². The fraction of sp³-hybridized carbons (Fsp3) is 0.375. The Bertz CT molecular complexity index is 1160. The van der Waals surface area contributed by atoms with E-state index in [1.54, 1.807) is 6.07 Å². The Morgan fingerprint density at radius 1 is 1.12 bits per heavy atom. The molecule has 0 aliphatic heterocycles. The highest BCUT2D eigenvalue weighted by Gasteiger charge is 2.23. The van der Waals surface area contributed by atoms with Gasteiger partial charge in [0.2, 0.25) is 5.91 Å². The lowest BCUT2D eigenvalue weighted by molar-refractivity contribution is -0.384. The number of nitro benzene ring substituents is 1. The Kier molecular flexibility index (Phi) is 8.27. The first kappa shape index (κ1) is 25.2. The van der Waals surface area contributed by atoms with E-state index in [9.17, 15) is 14.9 Å². The summed E-state index contributed by atoms with van der Waals surface area (Å²) in [6, 6.07) is 13.8. The number of non-ortho nitro benzene ring substituents is 1. The molecule has 0 saturated heterocycles. The van der Waals surface area contributed by atoms with Gasteiger partial charge in [-0.25, -0.2) is 0 Å². The predicted molar refractivity (Wildman–Crippen MR) is 132 cm³/mol. The quantitative estimate of drug-likeness (QED) is 0.221. The number of aromatic nitrogens is 3. The number of benzene rings is 2. The first-order chi connectivity index (χ1) is 16.2. The van der Waals surface area contributed by atoms with Gasteiger partial charge >= 0.3 is 0 Å². The van der Waals surface area contributed by atoms with E-state index in [0.29, 0.717) is 22.6 Å². The molecule has 1 unspecified atom stereocenters. The average molecular weight is 484 g/mol. The van der Waals surface area contributed by atoms with Crippen molar-refractivity contribution >= 4 is 29.0 Å². The topological polar surface area (TPSA) is 112 Å². The lowest BCUT2D eigenvalue weighted by Crippen LogP contribution is -2.17. The second-order valence-electron chi connectivity index (χ2n) is 8.40. The Labute approximate surface area is 203 Å². The molecule has 34 heavy (non-hydrogen) atoms. The van der Waals surface area contributed by atoms with Crippen molar-refractivity contribution in [2.75, 3.05) is 11.1 Å². The smallest absolute Gasteiger partial charge is 0.271 e. The van der Waals surface area contributed by atoms with E-state index in [2.05, 4.69) is 35.4 Å². The van der Waals surface area contributed by atoms with Crippen LogP contribution in [0.5, 0.6) is 5.75 Å². The van der Waals surface area contributed by atoms with Crippen molar-refractivity contribution in [3.63, 3.8) is 0 Å². The number of amides is 1. The second kappa shape index (κ2) is 11.1. The summed E-state index contributed by atoms with van der Waals surface area (Å²) in [6.07, 6.45) is -0.345. The maximum absolute atomic E-state index is 12.4. The van der Waals surface area contributed by atoms with Crippen molar-refractivity contribution in [3.8, 4) is 5.75 Å². The van der Waals surface area contributed by atoms with Crippen LogP contribution in [0.1, 0.15) is 64.1 Å². The third kappa shape index (κ3) is 6.13. The summed E-state index contributed by atoms with van der Waals surface area (Å²) in [5, 5.41) is 22.9. The van der Waals surface area contributed by atoms with Gasteiger partial charge in [0.25, 0.3) is 5.69 Å². The van der Waals surface area contributed by atoms with Crippen LogP contribution in [0, 0.1) is 10.1 Å². The van der Waals surface area contributed by atoms with Gasteiger partial charge in [0, 0.05) is 23.9 Å². The molecule has 0 saturated carbocycles. The summed E-state index contributed by atoms with van der Waals surface area (Å²) in [5.41, 5.74) is 1.41. The van der Waals surface area contributed by atoms with Gasteiger partial charge in [-0.3, -0.25) is 14.9 Å². The number of carbonyl (C=O) groups is 1. The number of hydrogen-bond donors (Lipinski definition) is 1. The SMILES string of the molecule is CC(C)c1ccccc1OC(C)c1nnc(SCC(=O)Nc2cccc([N+](=O)[O-])c2)n1C(C)C. The van der Waals surface area contributed by atoms with E-state index in [-0.39, 0.29) is 29.5 Å². The van der Waals surface area contributed by atoms with Crippen LogP contribution >= 0.6 is 11.8 Å². The van der Waals surface area contributed by atoms with Crippen LogP contribution in [0.2, 0.25) is 0 Å². The van der Waals surface area contributed by atoms with Crippen molar-refractivity contribution in [2.45, 2.75) is 57.8 Å². The Morgan fingerprint density at radius 3 is 2.53 bits per heavy atom. The zero-order valence-electron chi connectivity index (χ0n) is 19.9. The first-order valence-corrected chi connectivity index (χ1v) is 12.0. The Hall–Kier alpha value is -3.40. The number of nitrogens with zero attached hydrogens (tertiary/aromatic N) is 4. The minimum atomic E-state index is -0.500. The third-order valence-electron chi connectivity index (χ3n) is 5.09. The standard InChI is InChI=1S/C24H29N5O4S/c1-15(2)20-11-6-7-12-21(20)33-17(5)23-26-27-24(28(23)16(3)4)34-14-22(30)25-18-9-8-10-19(13-18)29(31)32/h6-13,15-17H,14H2,1-5H3,(H,25,30). The number of carbonyl (C=O) groups excluding carboxylic acids is 1. The minimum absolute atomic E-state index is 0.0544. The molecular weight excluding hydrogens is 454 g/mol. The summed E-state index contributed by atoms with van der Waals surface area (Å²) in [7, 11) is 0. The van der Waals surface area contributed by atoms with E-state index in [1.807, 2.05) is 43.5 Å². The van der Waals surface area contributed by atoms with Gasteiger partial charge in [-0.2, -0.15) is 0 Å². The van der Waals surface area contributed by atoms with Crippen LogP contribution in [0.3, 0.4) is 0 Å². The number of rotatable bonds is 10. The molecule has 10 heteroatoms. The number of nitrogens with one attached hydrogen (secondary N) is 1. The van der Waals surface area contributed by atoms with E-state index in [4.69, 9.17) is 4.74 Å². The van der Waals surface area contributed by atoms with Crippen molar-refractivity contribution in [2.24, 2.45) is 0 Å². The summed E-state index contributed by atoms with van der Waals surface area (Å²) < 4.78 is 8.23. The largest absolute Gasteiger partial charge is 0.482 e. The molecule has 0 radical (unpaired) electrons. The molecule has 0 aliphatic rings. The van der Waals surface area contributed by atoms with Gasteiger partial charge in [0.15, 0.2) is 17.1 Å². The zero-order valence-corrected chi connectivity index (χ0v) is 20.7. The maximum Gasteiger partial charge on any atom is 0.271 e. The van der Waals surface area contributed by atoms with Crippen LogP contribution in [0.15, 0.2) is 53.7 Å². The molecule has 3 rings (SSSR count). The molecule has 180 valence electrons. The number of para-hydroxylation sites is 1. The van der Waals surface area contributed by atoms with Crippen molar-refractivity contribution in [1.29, 1.82) is 0 Å². The molecule has 0 aliphatic carbocycles. The molecule has 0 bridgehead atoms. The molecule has 0 spiro atoms. The fourth-order valence-corrected chi connectivity index (χ4v) is 4.36. The molecule has 3 aromatic rings. The van der Waals surface area contributed by atoms with E-state index < -0.39 is 4.92 Å². The van der Waals surface area contributed by atoms with Gasteiger partial charge in [-0.15, -0.1) is 10.2 Å². The zero-order chi connectivity index (χ0) is 24.8. The minimum Gasteiger partial charge on any atom is -0.482 e. The summed E-state index contributed by atoms with van der Waals surface area (Å²) in [6.45, 7) is 10.2. The molecular formula is C24H29N5O4S.